The fraction of sp³-hybridized carbons (Fsp3) is 0.727. The predicted molar refractivity (Wildman–Crippen MR) is 56.5 cm³/mol. The van der Waals surface area contributed by atoms with Crippen LogP contribution in [0.5, 0.6) is 0 Å². The van der Waals surface area contributed by atoms with Crippen molar-refractivity contribution < 1.29 is 14.6 Å². The van der Waals surface area contributed by atoms with Crippen LogP contribution in [0.15, 0.2) is 0 Å². The number of unbranched alkanes of at least 4 members (excludes halogenated alkanes) is 2. The highest BCUT2D eigenvalue weighted by Gasteiger charge is 2.08. The van der Waals surface area contributed by atoms with Crippen molar-refractivity contribution in [3.8, 4) is 11.8 Å². The zero-order chi connectivity index (χ0) is 10.9. The van der Waals surface area contributed by atoms with Crippen LogP contribution in [-0.2, 0) is 9.53 Å². The molecule has 0 amide bonds. The molecule has 0 bridgehead atoms. The fourth-order valence-corrected chi connectivity index (χ4v) is 1.51. The molecule has 1 saturated heterocycles. The first-order valence-electron chi connectivity index (χ1n) is 5.31. The lowest BCUT2D eigenvalue weighted by atomic mass is 10.2. The first-order chi connectivity index (χ1) is 7.29. The number of carboxylic acids is 1. The standard InChI is InChI=1S/C11H17NO3/c13-11(14)5-3-1-2-4-6-12-7-9-15-10-8-12/h1-2,4,6-10H2,(H,13,14). The van der Waals surface area contributed by atoms with Gasteiger partial charge in [0.25, 0.3) is 0 Å². The molecule has 1 aliphatic heterocycles. The molecule has 0 aliphatic carbocycles. The van der Waals surface area contributed by atoms with Gasteiger partial charge in [-0.3, -0.25) is 4.90 Å². The molecule has 4 heteroatoms. The summed E-state index contributed by atoms with van der Waals surface area (Å²) >= 11 is 0. The van der Waals surface area contributed by atoms with E-state index in [2.05, 4.69) is 16.7 Å². The fourth-order valence-electron chi connectivity index (χ4n) is 1.51. The average molecular weight is 211 g/mol. The lowest BCUT2D eigenvalue weighted by molar-refractivity contribution is -0.130. The highest BCUT2D eigenvalue weighted by atomic mass is 16.5. The Hall–Kier alpha value is -1.05. The molecule has 1 rings (SSSR count). The Morgan fingerprint density at radius 3 is 2.73 bits per heavy atom. The maximum atomic E-state index is 10.1. The van der Waals surface area contributed by atoms with E-state index >= 15 is 0 Å². The van der Waals surface area contributed by atoms with Gasteiger partial charge in [-0.2, -0.15) is 0 Å². The van der Waals surface area contributed by atoms with Gasteiger partial charge in [-0.05, 0) is 19.4 Å². The van der Waals surface area contributed by atoms with Gasteiger partial charge in [0.1, 0.15) is 0 Å². The van der Waals surface area contributed by atoms with Crippen LogP contribution >= 0.6 is 0 Å². The molecular formula is C11H17NO3. The van der Waals surface area contributed by atoms with E-state index in [0.29, 0.717) is 6.42 Å². The van der Waals surface area contributed by atoms with Gasteiger partial charge in [0, 0.05) is 25.4 Å². The smallest absolute Gasteiger partial charge is 0.381 e. The van der Waals surface area contributed by atoms with Gasteiger partial charge in [-0.15, -0.1) is 0 Å². The number of hydrogen-bond donors (Lipinski definition) is 1. The average Bonchev–Trinajstić information content (AvgIpc) is 2.24. The molecule has 0 unspecified atom stereocenters. The molecule has 0 spiro atoms. The Balaban J connectivity index is 1.97. The van der Waals surface area contributed by atoms with Gasteiger partial charge in [0.05, 0.1) is 13.2 Å². The highest BCUT2D eigenvalue weighted by Crippen LogP contribution is 2.01. The lowest BCUT2D eigenvalue weighted by Gasteiger charge is -2.26. The van der Waals surface area contributed by atoms with Crippen molar-refractivity contribution in [2.75, 3.05) is 32.8 Å². The Kier molecular flexibility index (Phi) is 5.83. The van der Waals surface area contributed by atoms with Crippen LogP contribution < -0.4 is 0 Å². The van der Waals surface area contributed by atoms with E-state index in [1.54, 1.807) is 0 Å². The molecule has 0 aromatic carbocycles. The van der Waals surface area contributed by atoms with Crippen LogP contribution in [0.4, 0.5) is 0 Å². The molecule has 1 fully saturated rings. The molecule has 0 aromatic rings. The summed E-state index contributed by atoms with van der Waals surface area (Å²) in [7, 11) is 0. The van der Waals surface area contributed by atoms with E-state index in [0.717, 1.165) is 45.7 Å². The van der Waals surface area contributed by atoms with Crippen molar-refractivity contribution in [1.82, 2.24) is 4.90 Å². The van der Waals surface area contributed by atoms with Crippen molar-refractivity contribution in [3.63, 3.8) is 0 Å². The minimum atomic E-state index is -1.04. The highest BCUT2D eigenvalue weighted by molar-refractivity contribution is 5.86. The summed E-state index contributed by atoms with van der Waals surface area (Å²) in [6.45, 7) is 4.76. The Morgan fingerprint density at radius 2 is 2.07 bits per heavy atom. The summed E-state index contributed by atoms with van der Waals surface area (Å²) in [6, 6.07) is 0. The molecule has 84 valence electrons. The predicted octanol–water partition coefficient (Wildman–Crippen LogP) is 0.577. The number of carboxylic acid groups (broad SMARTS) is 1. The molecule has 0 radical (unpaired) electrons. The van der Waals surface area contributed by atoms with Gasteiger partial charge in [0.2, 0.25) is 0 Å². The monoisotopic (exact) mass is 211 g/mol. The maximum absolute atomic E-state index is 10.1. The van der Waals surface area contributed by atoms with Crippen molar-refractivity contribution >= 4 is 5.97 Å². The van der Waals surface area contributed by atoms with Crippen LogP contribution in [-0.4, -0.2) is 48.8 Å². The molecule has 4 nitrogen and oxygen atoms in total. The second-order valence-corrected chi connectivity index (χ2v) is 3.52. The minimum absolute atomic E-state index is 0.677. The lowest BCUT2D eigenvalue weighted by Crippen LogP contribution is -2.36. The van der Waals surface area contributed by atoms with Crippen LogP contribution in [0, 0.1) is 11.8 Å². The van der Waals surface area contributed by atoms with Crippen LogP contribution in [0.3, 0.4) is 0 Å². The van der Waals surface area contributed by atoms with E-state index in [9.17, 15) is 4.79 Å². The summed E-state index contributed by atoms with van der Waals surface area (Å²) < 4.78 is 5.24. The van der Waals surface area contributed by atoms with Crippen LogP contribution in [0.25, 0.3) is 0 Å². The van der Waals surface area contributed by atoms with Crippen molar-refractivity contribution in [2.45, 2.75) is 19.3 Å². The SMILES string of the molecule is O=C(O)C#CCCCCN1CCOCC1. The van der Waals surface area contributed by atoms with Crippen molar-refractivity contribution in [2.24, 2.45) is 0 Å². The van der Waals surface area contributed by atoms with Gasteiger partial charge < -0.3 is 9.84 Å². The van der Waals surface area contributed by atoms with E-state index < -0.39 is 5.97 Å². The second-order valence-electron chi connectivity index (χ2n) is 3.52. The van der Waals surface area contributed by atoms with Gasteiger partial charge in [-0.1, -0.05) is 5.92 Å². The third-order valence-electron chi connectivity index (χ3n) is 2.33. The van der Waals surface area contributed by atoms with Crippen LogP contribution in [0.1, 0.15) is 19.3 Å². The molecule has 1 N–H and O–H groups in total. The number of rotatable bonds is 4. The van der Waals surface area contributed by atoms with Crippen molar-refractivity contribution in [3.05, 3.63) is 0 Å². The van der Waals surface area contributed by atoms with E-state index in [-0.39, 0.29) is 0 Å². The first-order valence-corrected chi connectivity index (χ1v) is 5.31. The Labute approximate surface area is 90.2 Å². The van der Waals surface area contributed by atoms with E-state index in [1.165, 1.54) is 0 Å². The van der Waals surface area contributed by atoms with Gasteiger partial charge in [0.15, 0.2) is 0 Å². The second kappa shape index (κ2) is 7.27. The van der Waals surface area contributed by atoms with Crippen molar-refractivity contribution in [1.29, 1.82) is 0 Å². The number of nitrogens with zero attached hydrogens (tertiary/aromatic N) is 1. The first kappa shape index (κ1) is 12.0. The topological polar surface area (TPSA) is 49.8 Å². The molecule has 0 saturated carbocycles. The Bertz CT molecular complexity index is 248. The quantitative estimate of drug-likeness (QED) is 0.546. The Morgan fingerprint density at radius 1 is 1.33 bits per heavy atom. The third-order valence-corrected chi connectivity index (χ3v) is 2.33. The van der Waals surface area contributed by atoms with E-state index in [1.807, 2.05) is 0 Å². The summed E-state index contributed by atoms with van der Waals surface area (Å²) in [5, 5.41) is 8.28. The normalized spacial score (nSPS) is 16.8. The maximum Gasteiger partial charge on any atom is 0.381 e. The van der Waals surface area contributed by atoms with Gasteiger partial charge in [-0.25, -0.2) is 4.79 Å². The zero-order valence-corrected chi connectivity index (χ0v) is 8.87. The molecule has 0 aromatic heterocycles. The number of ether oxygens (including phenoxy) is 1. The molecule has 1 aliphatic rings. The van der Waals surface area contributed by atoms with E-state index in [4.69, 9.17) is 9.84 Å². The zero-order valence-electron chi connectivity index (χ0n) is 8.87. The number of carbonyl (C=O) groups is 1. The largest absolute Gasteiger partial charge is 0.472 e. The molecule has 1 heterocycles. The summed E-state index contributed by atoms with van der Waals surface area (Å²) in [4.78, 5) is 12.5. The summed E-state index contributed by atoms with van der Waals surface area (Å²) in [6.07, 6.45) is 2.72. The number of aliphatic carboxylic acids is 1. The number of morpholine rings is 1. The number of hydrogen-bond acceptors (Lipinski definition) is 3. The molecule has 15 heavy (non-hydrogen) atoms. The molecular weight excluding hydrogens is 194 g/mol. The summed E-state index contributed by atoms with van der Waals surface area (Å²) in [5.41, 5.74) is 0. The van der Waals surface area contributed by atoms with Crippen LogP contribution in [0.2, 0.25) is 0 Å². The molecule has 0 atom stereocenters. The minimum Gasteiger partial charge on any atom is -0.472 e. The third kappa shape index (κ3) is 6.10. The summed E-state index contributed by atoms with van der Waals surface area (Å²) in [5.74, 6) is 3.71. The van der Waals surface area contributed by atoms with Gasteiger partial charge >= 0.3 is 5.97 Å².